The normalized spacial score (nSPS) is 16.6. The summed E-state index contributed by atoms with van der Waals surface area (Å²) in [4.78, 5) is 31.6. The minimum absolute atomic E-state index is 0.0791. The van der Waals surface area contributed by atoms with Crippen LogP contribution in [0.3, 0.4) is 0 Å². The summed E-state index contributed by atoms with van der Waals surface area (Å²) in [6.45, 7) is 1.26. The molecule has 1 saturated heterocycles. The summed E-state index contributed by atoms with van der Waals surface area (Å²) in [6.07, 6.45) is 4.06. The third kappa shape index (κ3) is 2.55. The van der Waals surface area contributed by atoms with Crippen LogP contribution in [0, 0.1) is 5.92 Å². The second-order valence-corrected chi connectivity index (χ2v) is 4.23. The molecule has 1 aliphatic heterocycles. The number of carbonyl (C=O) groups excluding carboxylic acids is 1. The standard InChI is InChI=1S/C11H14N4O3/c12-10(16)7-1-3-15(4-2-7)9-6-13-5-8(14-9)11(17)18/h5-7H,1-4H2,(H2,12,16)(H,17,18). The Morgan fingerprint density at radius 2 is 2.00 bits per heavy atom. The summed E-state index contributed by atoms with van der Waals surface area (Å²) in [5.41, 5.74) is 5.17. The highest BCUT2D eigenvalue weighted by atomic mass is 16.4. The van der Waals surface area contributed by atoms with Crippen molar-refractivity contribution in [3.05, 3.63) is 18.1 Å². The predicted molar refractivity (Wildman–Crippen MR) is 63.1 cm³/mol. The minimum atomic E-state index is -1.10. The van der Waals surface area contributed by atoms with Gasteiger partial charge in [-0.05, 0) is 12.8 Å². The van der Waals surface area contributed by atoms with Crippen LogP contribution in [-0.4, -0.2) is 40.0 Å². The van der Waals surface area contributed by atoms with E-state index >= 15 is 0 Å². The number of carbonyl (C=O) groups is 2. The summed E-state index contributed by atoms with van der Waals surface area (Å²) < 4.78 is 0. The average molecular weight is 250 g/mol. The number of carboxylic acids is 1. The smallest absolute Gasteiger partial charge is 0.356 e. The number of aromatic carboxylic acids is 1. The molecule has 1 amide bonds. The Morgan fingerprint density at radius 1 is 1.33 bits per heavy atom. The Hall–Kier alpha value is -2.18. The largest absolute Gasteiger partial charge is 0.476 e. The maximum absolute atomic E-state index is 11.0. The molecule has 1 aromatic rings. The molecule has 0 atom stereocenters. The molecular formula is C11H14N4O3. The lowest BCUT2D eigenvalue weighted by atomic mass is 9.96. The highest BCUT2D eigenvalue weighted by Gasteiger charge is 2.24. The van der Waals surface area contributed by atoms with Gasteiger partial charge in [-0.3, -0.25) is 9.78 Å². The van der Waals surface area contributed by atoms with Crippen molar-refractivity contribution in [3.63, 3.8) is 0 Å². The molecular weight excluding hydrogens is 236 g/mol. The molecule has 7 heteroatoms. The van der Waals surface area contributed by atoms with E-state index in [1.54, 1.807) is 0 Å². The van der Waals surface area contributed by atoms with Crippen molar-refractivity contribution in [2.24, 2.45) is 11.7 Å². The first-order chi connectivity index (χ1) is 8.58. The van der Waals surface area contributed by atoms with Crippen molar-refractivity contribution >= 4 is 17.7 Å². The van der Waals surface area contributed by atoms with Gasteiger partial charge in [0.1, 0.15) is 5.82 Å². The van der Waals surface area contributed by atoms with Gasteiger partial charge in [-0.1, -0.05) is 0 Å². The SMILES string of the molecule is NC(=O)C1CCN(c2cncc(C(=O)O)n2)CC1. The topological polar surface area (TPSA) is 109 Å². The fraction of sp³-hybridized carbons (Fsp3) is 0.455. The van der Waals surface area contributed by atoms with E-state index in [9.17, 15) is 9.59 Å². The first kappa shape index (κ1) is 12.3. The van der Waals surface area contributed by atoms with Crippen molar-refractivity contribution in [2.45, 2.75) is 12.8 Å². The van der Waals surface area contributed by atoms with Gasteiger partial charge in [0.25, 0.3) is 0 Å². The Kier molecular flexibility index (Phi) is 3.40. The number of carboxylic acid groups (broad SMARTS) is 1. The fourth-order valence-corrected chi connectivity index (χ4v) is 2.00. The lowest BCUT2D eigenvalue weighted by Gasteiger charge is -2.31. The molecule has 0 saturated carbocycles. The van der Waals surface area contributed by atoms with Crippen LogP contribution in [0.2, 0.25) is 0 Å². The van der Waals surface area contributed by atoms with Crippen LogP contribution in [-0.2, 0) is 4.79 Å². The third-order valence-electron chi connectivity index (χ3n) is 3.06. The molecule has 2 rings (SSSR count). The lowest BCUT2D eigenvalue weighted by molar-refractivity contribution is -0.122. The first-order valence-corrected chi connectivity index (χ1v) is 5.67. The highest BCUT2D eigenvalue weighted by molar-refractivity contribution is 5.85. The quantitative estimate of drug-likeness (QED) is 0.773. The van der Waals surface area contributed by atoms with Gasteiger partial charge < -0.3 is 15.7 Å². The second kappa shape index (κ2) is 4.99. The molecule has 0 unspecified atom stereocenters. The lowest BCUT2D eigenvalue weighted by Crippen LogP contribution is -2.39. The Morgan fingerprint density at radius 3 is 2.56 bits per heavy atom. The maximum Gasteiger partial charge on any atom is 0.356 e. The van der Waals surface area contributed by atoms with Crippen LogP contribution in [0.4, 0.5) is 5.82 Å². The van der Waals surface area contributed by atoms with Crippen LogP contribution in [0.1, 0.15) is 23.3 Å². The van der Waals surface area contributed by atoms with Crippen LogP contribution in [0.25, 0.3) is 0 Å². The number of anilines is 1. The Bertz CT molecular complexity index is 469. The number of piperidine rings is 1. The molecule has 1 aliphatic rings. The van der Waals surface area contributed by atoms with Crippen LogP contribution < -0.4 is 10.6 Å². The summed E-state index contributed by atoms with van der Waals surface area (Å²) >= 11 is 0. The predicted octanol–water partition coefficient (Wildman–Crippen LogP) is -0.124. The number of hydrogen-bond donors (Lipinski definition) is 2. The number of aromatic nitrogens is 2. The van der Waals surface area contributed by atoms with Crippen LogP contribution in [0.15, 0.2) is 12.4 Å². The maximum atomic E-state index is 11.0. The van der Waals surface area contributed by atoms with Gasteiger partial charge in [-0.2, -0.15) is 0 Å². The second-order valence-electron chi connectivity index (χ2n) is 4.23. The number of nitrogens with two attached hydrogens (primary N) is 1. The highest BCUT2D eigenvalue weighted by Crippen LogP contribution is 2.21. The first-order valence-electron chi connectivity index (χ1n) is 5.67. The minimum Gasteiger partial charge on any atom is -0.476 e. The van der Waals surface area contributed by atoms with Gasteiger partial charge in [0.15, 0.2) is 5.69 Å². The molecule has 0 aliphatic carbocycles. The summed E-state index contributed by atoms with van der Waals surface area (Å²) in [5.74, 6) is -0.953. The molecule has 3 N–H and O–H groups in total. The monoisotopic (exact) mass is 250 g/mol. The number of hydrogen-bond acceptors (Lipinski definition) is 5. The van der Waals surface area contributed by atoms with E-state index < -0.39 is 5.97 Å². The molecule has 2 heterocycles. The van der Waals surface area contributed by atoms with Gasteiger partial charge in [0.2, 0.25) is 5.91 Å². The van der Waals surface area contributed by atoms with Gasteiger partial charge >= 0.3 is 5.97 Å². The summed E-state index contributed by atoms with van der Waals surface area (Å²) in [6, 6.07) is 0. The van der Waals surface area contributed by atoms with Crippen LogP contribution in [0.5, 0.6) is 0 Å². The number of nitrogens with zero attached hydrogens (tertiary/aromatic N) is 3. The number of amides is 1. The van der Waals surface area contributed by atoms with Gasteiger partial charge in [0, 0.05) is 19.0 Å². The van der Waals surface area contributed by atoms with Crippen LogP contribution >= 0.6 is 0 Å². The van der Waals surface area contributed by atoms with Gasteiger partial charge in [0.05, 0.1) is 12.4 Å². The van der Waals surface area contributed by atoms with Crippen molar-refractivity contribution < 1.29 is 14.7 Å². The summed E-state index contributed by atoms with van der Waals surface area (Å²) in [7, 11) is 0. The zero-order valence-electron chi connectivity index (χ0n) is 9.74. The van der Waals surface area contributed by atoms with Gasteiger partial charge in [-0.25, -0.2) is 9.78 Å². The molecule has 1 aromatic heterocycles. The number of rotatable bonds is 3. The van der Waals surface area contributed by atoms with E-state index in [2.05, 4.69) is 9.97 Å². The molecule has 18 heavy (non-hydrogen) atoms. The van der Waals surface area contributed by atoms with Crippen molar-refractivity contribution in [3.8, 4) is 0 Å². The van der Waals surface area contributed by atoms with E-state index in [0.29, 0.717) is 31.7 Å². The van der Waals surface area contributed by atoms with E-state index in [4.69, 9.17) is 10.8 Å². The Labute approximate surface area is 104 Å². The molecule has 96 valence electrons. The molecule has 0 radical (unpaired) electrons. The van der Waals surface area contributed by atoms with E-state index in [0.717, 1.165) is 0 Å². The Balaban J connectivity index is 2.07. The average Bonchev–Trinajstić information content (AvgIpc) is 2.39. The number of primary amides is 1. The molecule has 0 aromatic carbocycles. The van der Waals surface area contributed by atoms with Crippen molar-refractivity contribution in [1.82, 2.24) is 9.97 Å². The van der Waals surface area contributed by atoms with E-state index in [-0.39, 0.29) is 17.5 Å². The van der Waals surface area contributed by atoms with E-state index in [1.807, 2.05) is 4.90 Å². The molecule has 7 nitrogen and oxygen atoms in total. The molecule has 0 bridgehead atoms. The van der Waals surface area contributed by atoms with Gasteiger partial charge in [-0.15, -0.1) is 0 Å². The fourth-order valence-electron chi connectivity index (χ4n) is 2.00. The van der Waals surface area contributed by atoms with Crippen molar-refractivity contribution in [1.29, 1.82) is 0 Å². The molecule has 1 fully saturated rings. The summed E-state index contributed by atoms with van der Waals surface area (Å²) in [5, 5.41) is 8.84. The molecule has 0 spiro atoms. The zero-order chi connectivity index (χ0) is 13.1. The zero-order valence-corrected chi connectivity index (χ0v) is 9.74. The third-order valence-corrected chi connectivity index (χ3v) is 3.06. The van der Waals surface area contributed by atoms with Crippen molar-refractivity contribution in [2.75, 3.05) is 18.0 Å². The van der Waals surface area contributed by atoms with E-state index in [1.165, 1.54) is 12.4 Å².